The zero-order valence-corrected chi connectivity index (χ0v) is 26.6. The molecule has 44 heavy (non-hydrogen) atoms. The first-order chi connectivity index (χ1) is 21.1. The third kappa shape index (κ3) is 8.14. The molecule has 0 radical (unpaired) electrons. The van der Waals surface area contributed by atoms with Crippen LogP contribution in [0.3, 0.4) is 0 Å². The van der Waals surface area contributed by atoms with Gasteiger partial charge in [0.25, 0.3) is 10.0 Å². The van der Waals surface area contributed by atoms with Crippen molar-refractivity contribution < 1.29 is 18.0 Å². The largest absolute Gasteiger partial charge is 0.352 e. The van der Waals surface area contributed by atoms with Crippen molar-refractivity contribution in [1.29, 1.82) is 0 Å². The lowest BCUT2D eigenvalue weighted by Crippen LogP contribution is -2.54. The maximum atomic E-state index is 14.5. The Morgan fingerprint density at radius 3 is 2.00 bits per heavy atom. The molecule has 0 saturated carbocycles. The lowest BCUT2D eigenvalue weighted by molar-refractivity contribution is -0.140. The fourth-order valence-corrected chi connectivity index (χ4v) is 6.36. The number of carbonyl (C=O) groups is 2. The van der Waals surface area contributed by atoms with E-state index in [1.807, 2.05) is 94.4 Å². The maximum Gasteiger partial charge on any atom is 0.264 e. The number of benzene rings is 4. The predicted octanol–water partition coefficient (Wildman–Crippen LogP) is 6.05. The highest BCUT2D eigenvalue weighted by Crippen LogP contribution is 2.26. The summed E-state index contributed by atoms with van der Waals surface area (Å²) in [6.07, 6.45) is 1.00. The van der Waals surface area contributed by atoms with Crippen molar-refractivity contribution in [2.24, 2.45) is 0 Å². The van der Waals surface area contributed by atoms with Gasteiger partial charge in [0.15, 0.2) is 0 Å². The Morgan fingerprint density at radius 2 is 1.39 bits per heavy atom. The number of sulfonamides is 1. The molecule has 2 atom stereocenters. The molecule has 0 aliphatic rings. The molecule has 0 saturated heterocycles. The lowest BCUT2D eigenvalue weighted by atomic mass is 10.0. The Balaban J connectivity index is 1.80. The van der Waals surface area contributed by atoms with E-state index in [4.69, 9.17) is 0 Å². The summed E-state index contributed by atoms with van der Waals surface area (Å²) in [4.78, 5) is 30.0. The van der Waals surface area contributed by atoms with Gasteiger partial charge in [-0.1, -0.05) is 97.4 Å². The zero-order chi connectivity index (χ0) is 31.7. The summed E-state index contributed by atoms with van der Waals surface area (Å²) in [5, 5.41) is 3.07. The number of rotatable bonds is 13. The molecule has 4 aromatic rings. The molecule has 0 unspecified atom stereocenters. The van der Waals surface area contributed by atoms with Crippen molar-refractivity contribution in [3.63, 3.8) is 0 Å². The topological polar surface area (TPSA) is 86.8 Å². The third-order valence-electron chi connectivity index (χ3n) is 7.81. The van der Waals surface area contributed by atoms with E-state index in [1.54, 1.807) is 30.3 Å². The van der Waals surface area contributed by atoms with Crippen LogP contribution in [0, 0.1) is 13.8 Å². The highest BCUT2D eigenvalue weighted by molar-refractivity contribution is 7.92. The van der Waals surface area contributed by atoms with Gasteiger partial charge < -0.3 is 10.2 Å². The van der Waals surface area contributed by atoms with Crippen LogP contribution in [0.5, 0.6) is 0 Å². The molecule has 0 spiro atoms. The van der Waals surface area contributed by atoms with Crippen LogP contribution in [-0.2, 0) is 32.6 Å². The van der Waals surface area contributed by atoms with Crippen LogP contribution in [0.25, 0.3) is 0 Å². The zero-order valence-electron chi connectivity index (χ0n) is 25.8. The molecular weight excluding hydrogens is 570 g/mol. The summed E-state index contributed by atoms with van der Waals surface area (Å²) in [5.74, 6) is -0.758. The van der Waals surface area contributed by atoms with Gasteiger partial charge in [-0.25, -0.2) is 8.42 Å². The third-order valence-corrected chi connectivity index (χ3v) is 9.59. The predicted molar refractivity (Wildman–Crippen MR) is 176 cm³/mol. The van der Waals surface area contributed by atoms with E-state index in [-0.39, 0.29) is 29.8 Å². The molecular formula is C36H41N3O4S. The van der Waals surface area contributed by atoms with Crippen LogP contribution in [0.15, 0.2) is 114 Å². The van der Waals surface area contributed by atoms with Gasteiger partial charge in [-0.05, 0) is 68.1 Å². The average molecular weight is 612 g/mol. The van der Waals surface area contributed by atoms with E-state index in [9.17, 15) is 18.0 Å². The van der Waals surface area contributed by atoms with Crippen molar-refractivity contribution in [2.75, 3.05) is 10.8 Å². The van der Waals surface area contributed by atoms with Gasteiger partial charge in [0, 0.05) is 19.0 Å². The fraction of sp³-hybridized carbons (Fsp3) is 0.278. The van der Waals surface area contributed by atoms with Crippen LogP contribution >= 0.6 is 0 Å². The first-order valence-electron chi connectivity index (χ1n) is 14.9. The van der Waals surface area contributed by atoms with E-state index in [0.29, 0.717) is 5.69 Å². The number of aryl methyl sites for hydroxylation is 2. The number of amides is 2. The van der Waals surface area contributed by atoms with Gasteiger partial charge in [-0.3, -0.25) is 13.9 Å². The number of nitrogens with one attached hydrogen (secondary N) is 1. The van der Waals surface area contributed by atoms with E-state index >= 15 is 0 Å². The van der Waals surface area contributed by atoms with E-state index < -0.39 is 28.5 Å². The fourth-order valence-electron chi connectivity index (χ4n) is 4.93. The second-order valence-electron chi connectivity index (χ2n) is 11.1. The molecule has 0 aromatic heterocycles. The average Bonchev–Trinajstić information content (AvgIpc) is 3.03. The Hall–Kier alpha value is -4.43. The lowest BCUT2D eigenvalue weighted by Gasteiger charge is -2.34. The van der Waals surface area contributed by atoms with Gasteiger partial charge in [0.1, 0.15) is 12.6 Å². The van der Waals surface area contributed by atoms with Crippen LogP contribution in [-0.4, -0.2) is 43.8 Å². The van der Waals surface area contributed by atoms with Crippen molar-refractivity contribution in [3.05, 3.63) is 131 Å². The summed E-state index contributed by atoms with van der Waals surface area (Å²) in [5.41, 5.74) is 4.07. The Bertz CT molecular complexity index is 1640. The standard InChI is InChI=1S/C36H41N3O4S/c1-5-29(4)37-36(41)34(24-30-15-8-6-9-16-30)38(25-31-17-13-12-14-28(31)3)35(40)26-39(32-22-20-27(2)21-23-32)44(42,43)33-18-10-7-11-19-33/h6-23,29,34H,5,24-26H2,1-4H3,(H,37,41)/t29-,34+/m1/s1. The Kier molecular flexibility index (Phi) is 11.0. The molecule has 230 valence electrons. The van der Waals surface area contributed by atoms with E-state index in [0.717, 1.165) is 33.0 Å². The first kappa shape index (κ1) is 32.5. The summed E-state index contributed by atoms with van der Waals surface area (Å²) < 4.78 is 29.2. The highest BCUT2D eigenvalue weighted by atomic mass is 32.2. The van der Waals surface area contributed by atoms with Crippen molar-refractivity contribution >= 4 is 27.5 Å². The summed E-state index contributed by atoms with van der Waals surface area (Å²) in [6.45, 7) is 7.46. The monoisotopic (exact) mass is 611 g/mol. The van der Waals surface area contributed by atoms with Gasteiger partial charge in [0.05, 0.1) is 10.6 Å². The molecule has 0 bridgehead atoms. The highest BCUT2D eigenvalue weighted by Gasteiger charge is 2.35. The van der Waals surface area contributed by atoms with Gasteiger partial charge >= 0.3 is 0 Å². The molecule has 2 amide bonds. The molecule has 7 nitrogen and oxygen atoms in total. The minimum Gasteiger partial charge on any atom is -0.352 e. The van der Waals surface area contributed by atoms with Crippen LogP contribution < -0.4 is 9.62 Å². The van der Waals surface area contributed by atoms with Crippen molar-refractivity contribution in [1.82, 2.24) is 10.2 Å². The van der Waals surface area contributed by atoms with Crippen LogP contribution in [0.1, 0.15) is 42.5 Å². The first-order valence-corrected chi connectivity index (χ1v) is 16.4. The molecule has 1 N–H and O–H groups in total. The molecule has 0 aliphatic carbocycles. The van der Waals surface area contributed by atoms with Crippen molar-refractivity contribution in [2.45, 2.75) is 64.1 Å². The quantitative estimate of drug-likeness (QED) is 0.199. The number of nitrogens with zero attached hydrogens (tertiary/aromatic N) is 2. The molecule has 0 aliphatic heterocycles. The Morgan fingerprint density at radius 1 is 0.795 bits per heavy atom. The number of carbonyl (C=O) groups excluding carboxylic acids is 2. The van der Waals surface area contributed by atoms with Crippen LogP contribution in [0.2, 0.25) is 0 Å². The number of anilines is 1. The minimum atomic E-state index is -4.12. The summed E-state index contributed by atoms with van der Waals surface area (Å²) in [6, 6.07) is 31.4. The van der Waals surface area contributed by atoms with E-state index in [2.05, 4.69) is 5.32 Å². The van der Waals surface area contributed by atoms with Crippen LogP contribution in [0.4, 0.5) is 5.69 Å². The second-order valence-corrected chi connectivity index (χ2v) is 13.0. The molecule has 4 rings (SSSR count). The Labute approximate surface area is 261 Å². The normalized spacial score (nSPS) is 12.6. The summed E-state index contributed by atoms with van der Waals surface area (Å²) >= 11 is 0. The smallest absolute Gasteiger partial charge is 0.264 e. The van der Waals surface area contributed by atoms with Gasteiger partial charge in [0.2, 0.25) is 11.8 Å². The second kappa shape index (κ2) is 14.8. The van der Waals surface area contributed by atoms with E-state index in [1.165, 1.54) is 17.0 Å². The maximum absolute atomic E-state index is 14.5. The minimum absolute atomic E-state index is 0.0779. The molecule has 8 heteroatoms. The van der Waals surface area contributed by atoms with Gasteiger partial charge in [-0.15, -0.1) is 0 Å². The van der Waals surface area contributed by atoms with Crippen molar-refractivity contribution in [3.8, 4) is 0 Å². The number of hydrogen-bond acceptors (Lipinski definition) is 4. The molecule has 4 aromatic carbocycles. The summed E-state index contributed by atoms with van der Waals surface area (Å²) in [7, 11) is -4.12. The molecule has 0 heterocycles. The SMILES string of the molecule is CC[C@@H](C)NC(=O)[C@H](Cc1ccccc1)N(Cc1ccccc1C)C(=O)CN(c1ccc(C)cc1)S(=O)(=O)c1ccccc1. The van der Waals surface area contributed by atoms with Gasteiger partial charge in [-0.2, -0.15) is 0 Å². The molecule has 0 fully saturated rings. The number of hydrogen-bond donors (Lipinski definition) is 1.